The number of esters is 1. The zero-order valence-corrected chi connectivity index (χ0v) is 16.8. The van der Waals surface area contributed by atoms with Crippen LogP contribution in [0, 0.1) is 0 Å². The van der Waals surface area contributed by atoms with E-state index in [1.807, 2.05) is 12.1 Å². The summed E-state index contributed by atoms with van der Waals surface area (Å²) >= 11 is 0. The molecule has 1 aliphatic rings. The van der Waals surface area contributed by atoms with Crippen LogP contribution in [0.1, 0.15) is 16.7 Å². The Morgan fingerprint density at radius 3 is 2.66 bits per heavy atom. The summed E-state index contributed by atoms with van der Waals surface area (Å²) in [5.74, 6) is 0.708. The number of methoxy groups -OCH3 is 2. The smallest absolute Gasteiger partial charge is 0.330 e. The predicted octanol–water partition coefficient (Wildman–Crippen LogP) is 2.68. The molecule has 3 rings (SSSR count). The van der Waals surface area contributed by atoms with Crippen molar-refractivity contribution in [3.63, 3.8) is 0 Å². The number of benzene rings is 2. The topological polar surface area (TPSA) is 68.2 Å². The molecule has 1 atom stereocenters. The molecule has 0 amide bonds. The molecule has 1 N–H and O–H groups in total. The highest BCUT2D eigenvalue weighted by atomic mass is 16.5. The first kappa shape index (κ1) is 20.9. The number of carbonyl (C=O) groups is 1. The van der Waals surface area contributed by atoms with Crippen LogP contribution in [0.25, 0.3) is 6.08 Å². The Kier molecular flexibility index (Phi) is 7.27. The van der Waals surface area contributed by atoms with Crippen molar-refractivity contribution in [3.8, 4) is 11.5 Å². The van der Waals surface area contributed by atoms with Gasteiger partial charge in [0.15, 0.2) is 11.5 Å². The minimum atomic E-state index is -0.723. The summed E-state index contributed by atoms with van der Waals surface area (Å²) in [6, 6.07) is 13.7. The molecule has 0 aliphatic carbocycles. The third-order valence-corrected chi connectivity index (χ3v) is 4.92. The summed E-state index contributed by atoms with van der Waals surface area (Å²) in [4.78, 5) is 14.1. The molecule has 29 heavy (non-hydrogen) atoms. The Morgan fingerprint density at radius 1 is 1.14 bits per heavy atom. The monoisotopic (exact) mass is 397 g/mol. The van der Waals surface area contributed by atoms with Gasteiger partial charge in [0.1, 0.15) is 12.7 Å². The Morgan fingerprint density at radius 2 is 1.90 bits per heavy atom. The van der Waals surface area contributed by atoms with E-state index in [1.165, 1.54) is 17.2 Å². The lowest BCUT2D eigenvalue weighted by Gasteiger charge is -2.30. The zero-order valence-electron chi connectivity index (χ0n) is 16.8. The number of hydrogen-bond acceptors (Lipinski definition) is 6. The van der Waals surface area contributed by atoms with Gasteiger partial charge < -0.3 is 19.3 Å². The van der Waals surface area contributed by atoms with Gasteiger partial charge in [-0.25, -0.2) is 4.79 Å². The van der Waals surface area contributed by atoms with Crippen molar-refractivity contribution in [2.24, 2.45) is 0 Å². The fourth-order valence-electron chi connectivity index (χ4n) is 3.41. The van der Waals surface area contributed by atoms with Gasteiger partial charge in [-0.15, -0.1) is 0 Å². The van der Waals surface area contributed by atoms with Crippen molar-refractivity contribution in [2.45, 2.75) is 19.1 Å². The number of aliphatic hydroxyl groups is 1. The maximum absolute atomic E-state index is 12.0. The van der Waals surface area contributed by atoms with E-state index in [0.717, 1.165) is 25.1 Å². The lowest BCUT2D eigenvalue weighted by Crippen LogP contribution is -2.38. The van der Waals surface area contributed by atoms with Crippen molar-refractivity contribution in [1.82, 2.24) is 4.90 Å². The second kappa shape index (κ2) is 10.1. The molecule has 0 radical (unpaired) electrons. The zero-order chi connectivity index (χ0) is 20.6. The Hall–Kier alpha value is -2.83. The first-order chi connectivity index (χ1) is 14.1. The number of ether oxygens (including phenoxy) is 3. The van der Waals surface area contributed by atoms with Gasteiger partial charge in [-0.3, -0.25) is 4.90 Å². The first-order valence-electron chi connectivity index (χ1n) is 9.63. The van der Waals surface area contributed by atoms with E-state index in [4.69, 9.17) is 14.2 Å². The Balaban J connectivity index is 1.45. The van der Waals surface area contributed by atoms with Crippen LogP contribution in [0.3, 0.4) is 0 Å². The number of hydrogen-bond donors (Lipinski definition) is 1. The van der Waals surface area contributed by atoms with Crippen molar-refractivity contribution in [1.29, 1.82) is 0 Å². The largest absolute Gasteiger partial charge is 0.493 e. The molecule has 2 aromatic rings. The molecule has 0 aromatic heterocycles. The standard InChI is InChI=1S/C23H27NO5/c1-27-21-9-7-17(13-22(21)28-2)8-10-23(26)29-16-20(25)15-24-12-11-18-5-3-4-6-19(18)14-24/h3-10,13,20,25H,11-12,14-16H2,1-2H3. The van der Waals surface area contributed by atoms with Gasteiger partial charge in [0.25, 0.3) is 0 Å². The van der Waals surface area contributed by atoms with Crippen LogP contribution in [-0.2, 0) is 22.5 Å². The third kappa shape index (κ3) is 5.82. The molecule has 0 fully saturated rings. The minimum absolute atomic E-state index is 0.0345. The van der Waals surface area contributed by atoms with Gasteiger partial charge in [-0.1, -0.05) is 30.3 Å². The molecule has 0 saturated heterocycles. The molecule has 6 heteroatoms. The van der Waals surface area contributed by atoms with Crippen molar-refractivity contribution in [3.05, 3.63) is 65.2 Å². The second-order valence-electron chi connectivity index (χ2n) is 6.99. The van der Waals surface area contributed by atoms with Gasteiger partial charge in [0.05, 0.1) is 14.2 Å². The van der Waals surface area contributed by atoms with E-state index in [9.17, 15) is 9.90 Å². The molecule has 1 aliphatic heterocycles. The maximum atomic E-state index is 12.0. The molecule has 154 valence electrons. The summed E-state index contributed by atoms with van der Waals surface area (Å²) in [7, 11) is 3.13. The van der Waals surface area contributed by atoms with E-state index >= 15 is 0 Å². The average Bonchev–Trinajstić information content (AvgIpc) is 2.75. The van der Waals surface area contributed by atoms with Gasteiger partial charge in [0, 0.05) is 25.7 Å². The highest BCUT2D eigenvalue weighted by Crippen LogP contribution is 2.28. The number of aliphatic hydroxyl groups excluding tert-OH is 1. The third-order valence-electron chi connectivity index (χ3n) is 4.92. The Bertz CT molecular complexity index is 864. The van der Waals surface area contributed by atoms with Crippen molar-refractivity contribution >= 4 is 12.0 Å². The highest BCUT2D eigenvalue weighted by Gasteiger charge is 2.19. The first-order valence-corrected chi connectivity index (χ1v) is 9.63. The van der Waals surface area contributed by atoms with Gasteiger partial charge in [-0.2, -0.15) is 0 Å². The number of fused-ring (bicyclic) bond motifs is 1. The van der Waals surface area contributed by atoms with Gasteiger partial charge in [0.2, 0.25) is 0 Å². The quantitative estimate of drug-likeness (QED) is 0.546. The van der Waals surface area contributed by atoms with Gasteiger partial charge in [-0.05, 0) is 41.3 Å². The molecule has 0 saturated carbocycles. The summed E-state index contributed by atoms with van der Waals surface area (Å²) in [6.07, 6.45) is 3.22. The molecule has 1 unspecified atom stereocenters. The van der Waals surface area contributed by atoms with Crippen LogP contribution in [0.5, 0.6) is 11.5 Å². The summed E-state index contributed by atoms with van der Waals surface area (Å²) in [5, 5.41) is 10.2. The molecular formula is C23H27NO5. The second-order valence-corrected chi connectivity index (χ2v) is 6.99. The van der Waals surface area contributed by atoms with Crippen LogP contribution >= 0.6 is 0 Å². The molecule has 6 nitrogen and oxygen atoms in total. The van der Waals surface area contributed by atoms with E-state index in [0.29, 0.717) is 18.0 Å². The minimum Gasteiger partial charge on any atom is -0.493 e. The van der Waals surface area contributed by atoms with Crippen LogP contribution in [-0.4, -0.2) is 56.0 Å². The van der Waals surface area contributed by atoms with E-state index in [2.05, 4.69) is 23.1 Å². The fraction of sp³-hybridized carbons (Fsp3) is 0.348. The van der Waals surface area contributed by atoms with Crippen LogP contribution in [0.4, 0.5) is 0 Å². The fourth-order valence-corrected chi connectivity index (χ4v) is 3.41. The number of nitrogens with zero attached hydrogens (tertiary/aromatic N) is 1. The summed E-state index contributed by atoms with van der Waals surface area (Å²) < 4.78 is 15.6. The SMILES string of the molecule is COc1ccc(C=CC(=O)OCC(O)CN2CCc3ccccc3C2)cc1OC. The van der Waals surface area contributed by atoms with Crippen LogP contribution in [0.15, 0.2) is 48.5 Å². The lowest BCUT2D eigenvalue weighted by atomic mass is 10.00. The lowest BCUT2D eigenvalue weighted by molar-refractivity contribution is -0.141. The molecule has 0 bridgehead atoms. The molecular weight excluding hydrogens is 370 g/mol. The normalized spacial score (nSPS) is 15.0. The summed E-state index contributed by atoms with van der Waals surface area (Å²) in [5.41, 5.74) is 3.44. The van der Waals surface area contributed by atoms with E-state index in [-0.39, 0.29) is 6.61 Å². The van der Waals surface area contributed by atoms with Gasteiger partial charge >= 0.3 is 5.97 Å². The highest BCUT2D eigenvalue weighted by molar-refractivity contribution is 5.87. The molecule has 1 heterocycles. The maximum Gasteiger partial charge on any atom is 0.330 e. The van der Waals surface area contributed by atoms with Crippen LogP contribution < -0.4 is 9.47 Å². The summed E-state index contributed by atoms with van der Waals surface area (Å²) in [6.45, 7) is 2.13. The van der Waals surface area contributed by atoms with Crippen LogP contribution in [0.2, 0.25) is 0 Å². The number of rotatable bonds is 8. The Labute approximate surface area is 171 Å². The predicted molar refractivity (Wildman–Crippen MR) is 111 cm³/mol. The number of β-amino-alcohol motifs (C(OH)–C–C–N with tert-alkyl or cyclic N) is 1. The number of carbonyl (C=O) groups excluding carboxylic acids is 1. The van der Waals surface area contributed by atoms with Crippen molar-refractivity contribution < 1.29 is 24.1 Å². The average molecular weight is 397 g/mol. The molecule has 0 spiro atoms. The van der Waals surface area contributed by atoms with Crippen molar-refractivity contribution in [2.75, 3.05) is 33.9 Å². The van der Waals surface area contributed by atoms with E-state index < -0.39 is 12.1 Å². The van der Waals surface area contributed by atoms with E-state index in [1.54, 1.807) is 32.4 Å². The molecule has 2 aromatic carbocycles.